The number of nitrogens with one attached hydrogen (secondary N) is 1. The van der Waals surface area contributed by atoms with Gasteiger partial charge in [-0.3, -0.25) is 0 Å². The lowest BCUT2D eigenvalue weighted by molar-refractivity contribution is 0.526. The largest absolute Gasteiger partial charge is 0.314 e. The van der Waals surface area contributed by atoms with Gasteiger partial charge >= 0.3 is 0 Å². The molecular formula is C18H22BrN. The highest BCUT2D eigenvalue weighted by atomic mass is 79.9. The molecule has 1 unspecified atom stereocenters. The molecule has 0 bridgehead atoms. The van der Waals surface area contributed by atoms with Crippen molar-refractivity contribution in [3.8, 4) is 0 Å². The quantitative estimate of drug-likeness (QED) is 0.803. The summed E-state index contributed by atoms with van der Waals surface area (Å²) in [5, 5.41) is 3.57. The third kappa shape index (κ3) is 4.46. The summed E-state index contributed by atoms with van der Waals surface area (Å²) in [6.45, 7) is 5.38. The molecule has 2 rings (SSSR count). The fourth-order valence-corrected chi connectivity index (χ4v) is 2.98. The molecule has 2 heteroatoms. The summed E-state index contributed by atoms with van der Waals surface area (Å²) in [7, 11) is 0. The first-order valence-corrected chi connectivity index (χ1v) is 7.98. The highest BCUT2D eigenvalue weighted by molar-refractivity contribution is 9.10. The molecule has 1 N–H and O–H groups in total. The van der Waals surface area contributed by atoms with Crippen molar-refractivity contribution >= 4 is 15.9 Å². The molecule has 106 valence electrons. The molecule has 0 aliphatic rings. The molecule has 2 aromatic carbocycles. The molecule has 0 aliphatic heterocycles. The van der Waals surface area contributed by atoms with E-state index in [2.05, 4.69) is 89.7 Å². The molecule has 0 heterocycles. The molecule has 1 nitrogen and oxygen atoms in total. The Morgan fingerprint density at radius 2 is 1.60 bits per heavy atom. The first kappa shape index (κ1) is 15.3. The lowest BCUT2D eigenvalue weighted by Crippen LogP contribution is -2.29. The molecule has 0 aromatic heterocycles. The van der Waals surface area contributed by atoms with E-state index in [1.165, 1.54) is 15.6 Å². The van der Waals surface area contributed by atoms with Gasteiger partial charge in [-0.2, -0.15) is 0 Å². The number of hydrogen-bond acceptors (Lipinski definition) is 1. The van der Waals surface area contributed by atoms with Gasteiger partial charge in [0.25, 0.3) is 0 Å². The van der Waals surface area contributed by atoms with Gasteiger partial charge in [0.05, 0.1) is 0 Å². The summed E-state index contributed by atoms with van der Waals surface area (Å²) in [4.78, 5) is 0. The fraction of sp³-hybridized carbons (Fsp3) is 0.333. The number of rotatable bonds is 6. The van der Waals surface area contributed by atoms with Gasteiger partial charge in [-0.05, 0) is 23.6 Å². The summed E-state index contributed by atoms with van der Waals surface area (Å²) >= 11 is 3.69. The number of hydrogen-bond donors (Lipinski definition) is 1. The molecule has 20 heavy (non-hydrogen) atoms. The van der Waals surface area contributed by atoms with Crippen LogP contribution in [0.2, 0.25) is 0 Å². The Labute approximate surface area is 130 Å². The van der Waals surface area contributed by atoms with Crippen molar-refractivity contribution in [1.29, 1.82) is 0 Å². The Morgan fingerprint density at radius 1 is 0.950 bits per heavy atom. The monoisotopic (exact) mass is 331 g/mol. The molecule has 1 atom stereocenters. The Bertz CT molecular complexity index is 522. The second kappa shape index (κ2) is 7.61. The van der Waals surface area contributed by atoms with Gasteiger partial charge in [-0.25, -0.2) is 0 Å². The second-order valence-electron chi connectivity index (χ2n) is 5.47. The van der Waals surface area contributed by atoms with E-state index < -0.39 is 0 Å². The van der Waals surface area contributed by atoms with E-state index in [0.29, 0.717) is 12.0 Å². The van der Waals surface area contributed by atoms with Crippen LogP contribution in [0.25, 0.3) is 0 Å². The molecule has 0 fully saturated rings. The van der Waals surface area contributed by atoms with E-state index in [9.17, 15) is 0 Å². The van der Waals surface area contributed by atoms with Crippen LogP contribution in [-0.4, -0.2) is 12.6 Å². The highest BCUT2D eigenvalue weighted by Gasteiger charge is 2.15. The summed E-state index contributed by atoms with van der Waals surface area (Å²) in [5.74, 6) is 0.482. The summed E-state index contributed by atoms with van der Waals surface area (Å²) in [5.41, 5.74) is 2.77. The topological polar surface area (TPSA) is 12.0 Å². The van der Waals surface area contributed by atoms with Crippen LogP contribution in [0.15, 0.2) is 59.1 Å². The predicted molar refractivity (Wildman–Crippen MR) is 90.2 cm³/mol. The van der Waals surface area contributed by atoms with Crippen LogP contribution in [0, 0.1) is 0 Å². The van der Waals surface area contributed by atoms with Crippen molar-refractivity contribution in [2.24, 2.45) is 0 Å². The first-order valence-electron chi connectivity index (χ1n) is 7.18. The SMILES string of the molecule is CC(C)NCC(Cc1ccccc1)c1ccccc1Br. The van der Waals surface area contributed by atoms with Gasteiger partial charge in [-0.1, -0.05) is 78.3 Å². The van der Waals surface area contributed by atoms with Gasteiger partial charge in [0.1, 0.15) is 0 Å². The average Bonchev–Trinajstić information content (AvgIpc) is 2.45. The van der Waals surface area contributed by atoms with Crippen molar-refractivity contribution in [2.75, 3.05) is 6.54 Å². The molecule has 0 aliphatic carbocycles. The van der Waals surface area contributed by atoms with Crippen molar-refractivity contribution in [1.82, 2.24) is 5.32 Å². The zero-order valence-electron chi connectivity index (χ0n) is 12.1. The van der Waals surface area contributed by atoms with Crippen LogP contribution in [0.1, 0.15) is 30.9 Å². The van der Waals surface area contributed by atoms with Gasteiger partial charge in [-0.15, -0.1) is 0 Å². The standard InChI is InChI=1S/C18H22BrN/c1-14(2)20-13-16(12-15-8-4-3-5-9-15)17-10-6-7-11-18(17)19/h3-11,14,16,20H,12-13H2,1-2H3. The van der Waals surface area contributed by atoms with Crippen LogP contribution < -0.4 is 5.32 Å². The molecule has 0 saturated carbocycles. The fourth-order valence-electron chi connectivity index (χ4n) is 2.37. The summed E-state index contributed by atoms with van der Waals surface area (Å²) in [6, 6.07) is 19.8. The minimum absolute atomic E-state index is 0.482. The van der Waals surface area contributed by atoms with Gasteiger partial charge < -0.3 is 5.32 Å². The van der Waals surface area contributed by atoms with Crippen molar-refractivity contribution in [2.45, 2.75) is 32.2 Å². The minimum Gasteiger partial charge on any atom is -0.314 e. The molecular weight excluding hydrogens is 310 g/mol. The van der Waals surface area contributed by atoms with Crippen molar-refractivity contribution in [3.05, 3.63) is 70.2 Å². The van der Waals surface area contributed by atoms with E-state index >= 15 is 0 Å². The predicted octanol–water partition coefficient (Wildman–Crippen LogP) is 4.77. The Morgan fingerprint density at radius 3 is 2.25 bits per heavy atom. The van der Waals surface area contributed by atoms with Crippen LogP contribution in [0.4, 0.5) is 0 Å². The maximum Gasteiger partial charge on any atom is 0.0210 e. The van der Waals surface area contributed by atoms with Crippen LogP contribution in [0.3, 0.4) is 0 Å². The van der Waals surface area contributed by atoms with Gasteiger partial charge in [0.2, 0.25) is 0 Å². The lowest BCUT2D eigenvalue weighted by Gasteiger charge is -2.21. The molecule has 0 radical (unpaired) electrons. The van der Waals surface area contributed by atoms with Crippen LogP contribution in [-0.2, 0) is 6.42 Å². The zero-order valence-corrected chi connectivity index (χ0v) is 13.7. The third-order valence-corrected chi connectivity index (χ3v) is 4.16. The van der Waals surface area contributed by atoms with E-state index in [1.807, 2.05) is 0 Å². The van der Waals surface area contributed by atoms with E-state index in [0.717, 1.165) is 13.0 Å². The summed E-state index contributed by atoms with van der Waals surface area (Å²) in [6.07, 6.45) is 1.06. The zero-order chi connectivity index (χ0) is 14.4. The molecule has 0 amide bonds. The molecule has 2 aromatic rings. The van der Waals surface area contributed by atoms with E-state index in [4.69, 9.17) is 0 Å². The smallest absolute Gasteiger partial charge is 0.0210 e. The third-order valence-electron chi connectivity index (χ3n) is 3.44. The van der Waals surface area contributed by atoms with Gasteiger partial charge in [0, 0.05) is 23.0 Å². The van der Waals surface area contributed by atoms with Crippen LogP contribution >= 0.6 is 15.9 Å². The Kier molecular flexibility index (Phi) is 5.81. The van der Waals surface area contributed by atoms with Crippen molar-refractivity contribution < 1.29 is 0 Å². The van der Waals surface area contributed by atoms with E-state index in [1.54, 1.807) is 0 Å². The first-order chi connectivity index (χ1) is 9.66. The Balaban J connectivity index is 2.18. The molecule has 0 spiro atoms. The average molecular weight is 332 g/mol. The minimum atomic E-state index is 0.482. The normalized spacial score (nSPS) is 12.6. The van der Waals surface area contributed by atoms with Crippen molar-refractivity contribution in [3.63, 3.8) is 0 Å². The van der Waals surface area contributed by atoms with E-state index in [-0.39, 0.29) is 0 Å². The maximum atomic E-state index is 3.69. The lowest BCUT2D eigenvalue weighted by atomic mass is 9.91. The summed E-state index contributed by atoms with van der Waals surface area (Å²) < 4.78 is 1.20. The Hall–Kier alpha value is -1.12. The highest BCUT2D eigenvalue weighted by Crippen LogP contribution is 2.27. The molecule has 0 saturated heterocycles. The second-order valence-corrected chi connectivity index (χ2v) is 6.33. The van der Waals surface area contributed by atoms with Crippen LogP contribution in [0.5, 0.6) is 0 Å². The van der Waals surface area contributed by atoms with Gasteiger partial charge in [0.15, 0.2) is 0 Å². The number of benzene rings is 2. The number of halogens is 1. The maximum absolute atomic E-state index is 3.69.